The molecule has 1 atom stereocenters. The van der Waals surface area contributed by atoms with Crippen LogP contribution in [0.5, 0.6) is 0 Å². The van der Waals surface area contributed by atoms with Gasteiger partial charge in [-0.2, -0.15) is 5.10 Å². The molecule has 0 spiro atoms. The van der Waals surface area contributed by atoms with Crippen LogP contribution in [0.3, 0.4) is 0 Å². The first-order chi connectivity index (χ1) is 9.47. The second-order valence-electron chi connectivity index (χ2n) is 4.84. The quantitative estimate of drug-likeness (QED) is 0.875. The molecule has 0 radical (unpaired) electrons. The molecule has 0 aliphatic heterocycles. The molecule has 0 unspecified atom stereocenters. The molecule has 0 bridgehead atoms. The Balaban J connectivity index is 2.01. The Bertz CT molecular complexity index is 632. The Morgan fingerprint density at radius 3 is 2.60 bits per heavy atom. The molecule has 20 heavy (non-hydrogen) atoms. The zero-order chi connectivity index (χ0) is 14.7. The van der Waals surface area contributed by atoms with Crippen molar-refractivity contribution in [3.8, 4) is 0 Å². The highest BCUT2D eigenvalue weighted by atomic mass is 16.2. The van der Waals surface area contributed by atoms with E-state index in [0.717, 1.165) is 17.0 Å². The van der Waals surface area contributed by atoms with E-state index < -0.39 is 0 Å². The van der Waals surface area contributed by atoms with Crippen molar-refractivity contribution in [2.24, 2.45) is 0 Å². The van der Waals surface area contributed by atoms with Gasteiger partial charge in [-0.15, -0.1) is 0 Å². The zero-order valence-corrected chi connectivity index (χ0v) is 11.8. The molecular weight excluding hydrogens is 256 g/mol. The number of rotatable bonds is 4. The van der Waals surface area contributed by atoms with Crippen LogP contribution in [0.25, 0.3) is 0 Å². The van der Waals surface area contributed by atoms with Gasteiger partial charge in [0.05, 0.1) is 11.7 Å². The van der Waals surface area contributed by atoms with Crippen molar-refractivity contribution in [3.63, 3.8) is 0 Å². The fourth-order valence-corrected chi connectivity index (χ4v) is 2.27. The number of aryl methyl sites for hydroxylation is 2. The summed E-state index contributed by atoms with van der Waals surface area (Å²) < 4.78 is 1.67. The van der Waals surface area contributed by atoms with Gasteiger partial charge >= 0.3 is 0 Å². The summed E-state index contributed by atoms with van der Waals surface area (Å²) in [5.74, 6) is -0.110. The maximum Gasteiger partial charge on any atom is 0.240 e. The SMILES string of the molecule is Cc1n[nH]c(C)c1[C@H](C)NC(=O)Cn1ccc(=O)cc1. The Hall–Kier alpha value is -2.37. The highest BCUT2D eigenvalue weighted by molar-refractivity contribution is 5.76. The molecule has 0 saturated heterocycles. The molecule has 106 valence electrons. The van der Waals surface area contributed by atoms with Crippen LogP contribution in [0, 0.1) is 13.8 Å². The summed E-state index contributed by atoms with van der Waals surface area (Å²) in [6.07, 6.45) is 3.20. The average Bonchev–Trinajstić information content (AvgIpc) is 2.72. The number of pyridine rings is 1. The molecule has 6 heteroatoms. The molecule has 2 aromatic rings. The van der Waals surface area contributed by atoms with Gasteiger partial charge in [-0.3, -0.25) is 14.7 Å². The zero-order valence-electron chi connectivity index (χ0n) is 11.8. The van der Waals surface area contributed by atoms with E-state index in [0.29, 0.717) is 0 Å². The third kappa shape index (κ3) is 3.14. The fourth-order valence-electron chi connectivity index (χ4n) is 2.27. The minimum Gasteiger partial charge on any atom is -0.348 e. The van der Waals surface area contributed by atoms with Crippen molar-refractivity contribution < 1.29 is 4.79 Å². The number of amides is 1. The molecule has 2 N–H and O–H groups in total. The van der Waals surface area contributed by atoms with Gasteiger partial charge in [-0.1, -0.05) is 0 Å². The highest BCUT2D eigenvalue weighted by Gasteiger charge is 2.16. The molecule has 0 aliphatic carbocycles. The van der Waals surface area contributed by atoms with Crippen LogP contribution in [-0.4, -0.2) is 20.7 Å². The molecule has 0 fully saturated rings. The Morgan fingerprint density at radius 2 is 2.05 bits per heavy atom. The van der Waals surface area contributed by atoms with E-state index in [1.54, 1.807) is 17.0 Å². The maximum absolute atomic E-state index is 12.0. The summed E-state index contributed by atoms with van der Waals surface area (Å²) in [6, 6.07) is 2.75. The van der Waals surface area contributed by atoms with E-state index in [1.807, 2.05) is 20.8 Å². The van der Waals surface area contributed by atoms with Crippen LogP contribution in [0.2, 0.25) is 0 Å². The number of nitrogens with one attached hydrogen (secondary N) is 2. The van der Waals surface area contributed by atoms with Gasteiger partial charge in [0.15, 0.2) is 5.43 Å². The fraction of sp³-hybridized carbons (Fsp3) is 0.357. The lowest BCUT2D eigenvalue weighted by Crippen LogP contribution is -2.30. The third-order valence-electron chi connectivity index (χ3n) is 3.18. The number of nitrogens with zero attached hydrogens (tertiary/aromatic N) is 2. The monoisotopic (exact) mass is 274 g/mol. The van der Waals surface area contributed by atoms with Crippen LogP contribution in [0.1, 0.15) is 29.9 Å². The van der Waals surface area contributed by atoms with Gasteiger partial charge in [0, 0.05) is 35.8 Å². The Morgan fingerprint density at radius 1 is 1.40 bits per heavy atom. The van der Waals surface area contributed by atoms with Gasteiger partial charge in [0.2, 0.25) is 5.91 Å². The lowest BCUT2D eigenvalue weighted by molar-refractivity contribution is -0.122. The first kappa shape index (κ1) is 14.0. The first-order valence-corrected chi connectivity index (χ1v) is 6.44. The summed E-state index contributed by atoms with van der Waals surface area (Å²) in [5, 5.41) is 9.96. The van der Waals surface area contributed by atoms with E-state index in [1.165, 1.54) is 12.1 Å². The van der Waals surface area contributed by atoms with E-state index in [9.17, 15) is 9.59 Å². The molecule has 2 aromatic heterocycles. The molecule has 2 heterocycles. The van der Waals surface area contributed by atoms with Gasteiger partial charge in [-0.05, 0) is 20.8 Å². The van der Waals surface area contributed by atoms with Crippen molar-refractivity contribution in [2.75, 3.05) is 0 Å². The summed E-state index contributed by atoms with van der Waals surface area (Å²) in [4.78, 5) is 23.0. The minimum atomic E-state index is -0.111. The number of H-pyrrole nitrogens is 1. The van der Waals surface area contributed by atoms with Crippen molar-refractivity contribution in [1.82, 2.24) is 20.1 Å². The normalized spacial score (nSPS) is 12.2. The van der Waals surface area contributed by atoms with Crippen LogP contribution in [0.4, 0.5) is 0 Å². The molecule has 0 aliphatic rings. The smallest absolute Gasteiger partial charge is 0.240 e. The second-order valence-corrected chi connectivity index (χ2v) is 4.84. The minimum absolute atomic E-state index is 0.0697. The maximum atomic E-state index is 12.0. The first-order valence-electron chi connectivity index (χ1n) is 6.44. The predicted molar refractivity (Wildman–Crippen MR) is 75.3 cm³/mol. The summed E-state index contributed by atoms with van der Waals surface area (Å²) >= 11 is 0. The highest BCUT2D eigenvalue weighted by Crippen LogP contribution is 2.18. The predicted octanol–water partition coefficient (Wildman–Crippen LogP) is 1.07. The standard InChI is InChI=1S/C14H18N4O2/c1-9(14-10(2)16-17-11(14)3)15-13(20)8-18-6-4-12(19)5-7-18/h4-7,9H,8H2,1-3H3,(H,15,20)(H,16,17)/t9-/m0/s1. The average molecular weight is 274 g/mol. The van der Waals surface area contributed by atoms with Crippen molar-refractivity contribution >= 4 is 5.91 Å². The van der Waals surface area contributed by atoms with Gasteiger partial charge in [-0.25, -0.2) is 0 Å². The van der Waals surface area contributed by atoms with E-state index >= 15 is 0 Å². The number of aromatic amines is 1. The Kier molecular flexibility index (Phi) is 4.02. The lowest BCUT2D eigenvalue weighted by Gasteiger charge is -2.15. The van der Waals surface area contributed by atoms with Crippen molar-refractivity contribution in [1.29, 1.82) is 0 Å². The largest absolute Gasteiger partial charge is 0.348 e. The van der Waals surface area contributed by atoms with Crippen LogP contribution < -0.4 is 10.7 Å². The van der Waals surface area contributed by atoms with Crippen molar-refractivity contribution in [2.45, 2.75) is 33.4 Å². The van der Waals surface area contributed by atoms with E-state index in [4.69, 9.17) is 0 Å². The van der Waals surface area contributed by atoms with E-state index in [2.05, 4.69) is 15.5 Å². The molecule has 0 aromatic carbocycles. The summed E-state index contributed by atoms with van der Waals surface area (Å²) in [6.45, 7) is 5.94. The molecule has 2 rings (SSSR count). The molecule has 6 nitrogen and oxygen atoms in total. The van der Waals surface area contributed by atoms with Crippen molar-refractivity contribution in [3.05, 3.63) is 51.7 Å². The van der Waals surface area contributed by atoms with Crippen LogP contribution in [-0.2, 0) is 11.3 Å². The van der Waals surface area contributed by atoms with Gasteiger partial charge < -0.3 is 9.88 Å². The topological polar surface area (TPSA) is 79.8 Å². The molecule has 0 saturated carbocycles. The third-order valence-corrected chi connectivity index (χ3v) is 3.18. The number of carbonyl (C=O) groups excluding carboxylic acids is 1. The second kappa shape index (κ2) is 5.73. The van der Waals surface area contributed by atoms with Gasteiger partial charge in [0.1, 0.15) is 6.54 Å². The van der Waals surface area contributed by atoms with Crippen LogP contribution >= 0.6 is 0 Å². The number of carbonyl (C=O) groups is 1. The van der Waals surface area contributed by atoms with Crippen LogP contribution in [0.15, 0.2) is 29.3 Å². The molecule has 1 amide bonds. The lowest BCUT2D eigenvalue weighted by atomic mass is 10.1. The summed E-state index contributed by atoms with van der Waals surface area (Å²) in [7, 11) is 0. The molecular formula is C14H18N4O2. The number of aromatic nitrogens is 3. The van der Waals surface area contributed by atoms with Gasteiger partial charge in [0.25, 0.3) is 0 Å². The van der Waals surface area contributed by atoms with E-state index in [-0.39, 0.29) is 23.9 Å². The summed E-state index contributed by atoms with van der Waals surface area (Å²) in [5.41, 5.74) is 2.79. The number of hydrogen-bond donors (Lipinski definition) is 2. The Labute approximate surface area is 116 Å². The number of hydrogen-bond acceptors (Lipinski definition) is 3.